The number of carbonyl (C=O) groups is 2. The highest BCUT2D eigenvalue weighted by Gasteiger charge is 2.51. The van der Waals surface area contributed by atoms with Crippen LogP contribution >= 0.6 is 0 Å². The molecule has 0 N–H and O–H groups in total. The maximum absolute atomic E-state index is 12.7. The summed E-state index contributed by atoms with van der Waals surface area (Å²) >= 11 is 0. The highest BCUT2D eigenvalue weighted by molar-refractivity contribution is 6.22. The number of methoxy groups -OCH3 is 1. The summed E-state index contributed by atoms with van der Waals surface area (Å²) in [6, 6.07) is 7.11. The second-order valence-corrected chi connectivity index (χ2v) is 5.75. The maximum Gasteiger partial charge on any atom is 0.240 e. The van der Waals surface area contributed by atoms with Crippen LogP contribution in [0.25, 0.3) is 0 Å². The molecule has 1 saturated heterocycles. The number of amides is 2. The summed E-state index contributed by atoms with van der Waals surface area (Å²) in [6.45, 7) is 0. The average molecular weight is 273 g/mol. The number of hydrogen-bond acceptors (Lipinski definition) is 3. The van der Waals surface area contributed by atoms with Crippen LogP contribution in [0.3, 0.4) is 0 Å². The number of imide groups is 1. The van der Waals surface area contributed by atoms with Crippen LogP contribution in [-0.2, 0) is 9.59 Å². The Morgan fingerprint density at radius 2 is 1.70 bits per heavy atom. The zero-order valence-corrected chi connectivity index (χ0v) is 11.7. The first-order chi connectivity index (χ1) is 9.66. The molecule has 0 bridgehead atoms. The standard InChI is InChI=1S/C16H19NO3/c1-20-13-7-5-12(6-8-13)17-14(18)11-16(15(17)19)9-3-2-4-10-16/h5-8H,2-4,9-11H2,1H3. The smallest absolute Gasteiger partial charge is 0.240 e. The van der Waals surface area contributed by atoms with Crippen molar-refractivity contribution in [3.05, 3.63) is 24.3 Å². The van der Waals surface area contributed by atoms with Gasteiger partial charge in [0.15, 0.2) is 0 Å². The molecule has 1 aliphatic heterocycles. The van der Waals surface area contributed by atoms with Crippen LogP contribution in [0, 0.1) is 5.41 Å². The summed E-state index contributed by atoms with van der Waals surface area (Å²) in [6.07, 6.45) is 5.35. The normalized spacial score (nSPS) is 21.6. The van der Waals surface area contributed by atoms with E-state index in [4.69, 9.17) is 4.74 Å². The van der Waals surface area contributed by atoms with Gasteiger partial charge in [0.1, 0.15) is 5.75 Å². The molecule has 1 aromatic rings. The van der Waals surface area contributed by atoms with Crippen molar-refractivity contribution in [1.82, 2.24) is 0 Å². The Kier molecular flexibility index (Phi) is 3.24. The van der Waals surface area contributed by atoms with E-state index in [0.717, 1.165) is 31.4 Å². The molecular weight excluding hydrogens is 254 g/mol. The van der Waals surface area contributed by atoms with Gasteiger partial charge in [-0.1, -0.05) is 19.3 Å². The van der Waals surface area contributed by atoms with Crippen LogP contribution in [-0.4, -0.2) is 18.9 Å². The maximum atomic E-state index is 12.7. The van der Waals surface area contributed by atoms with E-state index in [1.807, 2.05) is 0 Å². The summed E-state index contributed by atoms with van der Waals surface area (Å²) in [5, 5.41) is 0. The van der Waals surface area contributed by atoms with E-state index in [1.54, 1.807) is 31.4 Å². The second kappa shape index (κ2) is 4.93. The van der Waals surface area contributed by atoms with Gasteiger partial charge in [0.25, 0.3) is 0 Å². The van der Waals surface area contributed by atoms with E-state index >= 15 is 0 Å². The molecule has 1 spiro atoms. The van der Waals surface area contributed by atoms with Gasteiger partial charge in [0, 0.05) is 6.42 Å². The van der Waals surface area contributed by atoms with E-state index < -0.39 is 5.41 Å². The van der Waals surface area contributed by atoms with E-state index in [0.29, 0.717) is 12.1 Å². The molecule has 1 aromatic carbocycles. The quantitative estimate of drug-likeness (QED) is 0.778. The lowest BCUT2D eigenvalue weighted by Gasteiger charge is -2.30. The summed E-state index contributed by atoms with van der Waals surface area (Å²) in [5.41, 5.74) is 0.234. The summed E-state index contributed by atoms with van der Waals surface area (Å²) in [5.74, 6) is 0.648. The van der Waals surface area contributed by atoms with Crippen LogP contribution < -0.4 is 9.64 Å². The molecule has 0 atom stereocenters. The van der Waals surface area contributed by atoms with Crippen LogP contribution in [0.1, 0.15) is 38.5 Å². The Bertz CT molecular complexity index is 529. The Labute approximate surface area is 118 Å². The molecule has 4 heteroatoms. The van der Waals surface area contributed by atoms with Gasteiger partial charge in [0.05, 0.1) is 18.2 Å². The van der Waals surface area contributed by atoms with Crippen LogP contribution in [0.2, 0.25) is 0 Å². The third kappa shape index (κ3) is 1.99. The zero-order chi connectivity index (χ0) is 14.2. The fourth-order valence-corrected chi connectivity index (χ4v) is 3.41. The van der Waals surface area contributed by atoms with Crippen molar-refractivity contribution >= 4 is 17.5 Å². The third-order valence-electron chi connectivity index (χ3n) is 4.54. The SMILES string of the molecule is COc1ccc(N2C(=O)CC3(CCCCC3)C2=O)cc1. The molecule has 0 radical (unpaired) electrons. The minimum Gasteiger partial charge on any atom is -0.497 e. The average Bonchev–Trinajstić information content (AvgIpc) is 2.71. The van der Waals surface area contributed by atoms with Gasteiger partial charge in [-0.25, -0.2) is 0 Å². The number of hydrogen-bond donors (Lipinski definition) is 0. The van der Waals surface area contributed by atoms with Crippen molar-refractivity contribution < 1.29 is 14.3 Å². The Balaban J connectivity index is 1.89. The molecule has 0 aromatic heterocycles. The highest BCUT2D eigenvalue weighted by atomic mass is 16.5. The molecule has 1 heterocycles. The molecule has 2 aliphatic rings. The molecule has 106 valence electrons. The summed E-state index contributed by atoms with van der Waals surface area (Å²) < 4.78 is 5.11. The van der Waals surface area contributed by atoms with E-state index in [9.17, 15) is 9.59 Å². The van der Waals surface area contributed by atoms with Gasteiger partial charge in [0.2, 0.25) is 11.8 Å². The minimum absolute atomic E-state index is 0.00707. The number of anilines is 1. The van der Waals surface area contributed by atoms with Gasteiger partial charge in [-0.05, 0) is 37.1 Å². The van der Waals surface area contributed by atoms with Gasteiger partial charge < -0.3 is 4.74 Å². The first-order valence-corrected chi connectivity index (χ1v) is 7.18. The van der Waals surface area contributed by atoms with Gasteiger partial charge in [-0.3, -0.25) is 14.5 Å². The van der Waals surface area contributed by atoms with Crippen molar-refractivity contribution in [2.45, 2.75) is 38.5 Å². The first-order valence-electron chi connectivity index (χ1n) is 7.18. The lowest BCUT2D eigenvalue weighted by molar-refractivity contribution is -0.127. The minimum atomic E-state index is -0.421. The Morgan fingerprint density at radius 3 is 2.30 bits per heavy atom. The molecule has 2 amide bonds. The van der Waals surface area contributed by atoms with E-state index in [-0.39, 0.29) is 11.8 Å². The van der Waals surface area contributed by atoms with Crippen molar-refractivity contribution in [3.63, 3.8) is 0 Å². The lowest BCUT2D eigenvalue weighted by atomic mass is 9.73. The summed E-state index contributed by atoms with van der Waals surface area (Å²) in [7, 11) is 1.60. The first kappa shape index (κ1) is 13.2. The predicted molar refractivity (Wildman–Crippen MR) is 75.6 cm³/mol. The van der Waals surface area contributed by atoms with Crippen LogP contribution in [0.15, 0.2) is 24.3 Å². The van der Waals surface area contributed by atoms with Crippen molar-refractivity contribution in [2.75, 3.05) is 12.0 Å². The van der Waals surface area contributed by atoms with Crippen molar-refractivity contribution in [3.8, 4) is 5.75 Å². The molecule has 1 aliphatic carbocycles. The third-order valence-corrected chi connectivity index (χ3v) is 4.54. The molecular formula is C16H19NO3. The molecule has 2 fully saturated rings. The van der Waals surface area contributed by atoms with Gasteiger partial charge in [-0.15, -0.1) is 0 Å². The number of ether oxygens (including phenoxy) is 1. The van der Waals surface area contributed by atoms with Gasteiger partial charge in [-0.2, -0.15) is 0 Å². The molecule has 1 saturated carbocycles. The molecule has 3 rings (SSSR count). The Morgan fingerprint density at radius 1 is 1.05 bits per heavy atom. The molecule has 20 heavy (non-hydrogen) atoms. The highest BCUT2D eigenvalue weighted by Crippen LogP contribution is 2.46. The van der Waals surface area contributed by atoms with E-state index in [2.05, 4.69) is 0 Å². The van der Waals surface area contributed by atoms with Crippen molar-refractivity contribution in [2.24, 2.45) is 5.41 Å². The fourth-order valence-electron chi connectivity index (χ4n) is 3.41. The Hall–Kier alpha value is -1.84. The summed E-state index contributed by atoms with van der Waals surface area (Å²) in [4.78, 5) is 26.4. The monoisotopic (exact) mass is 273 g/mol. The lowest BCUT2D eigenvalue weighted by Crippen LogP contribution is -2.36. The number of carbonyl (C=O) groups excluding carboxylic acids is 2. The molecule has 4 nitrogen and oxygen atoms in total. The fraction of sp³-hybridized carbons (Fsp3) is 0.500. The van der Waals surface area contributed by atoms with Gasteiger partial charge >= 0.3 is 0 Å². The number of nitrogens with zero attached hydrogens (tertiary/aromatic N) is 1. The largest absolute Gasteiger partial charge is 0.497 e. The van der Waals surface area contributed by atoms with Crippen LogP contribution in [0.5, 0.6) is 5.75 Å². The second-order valence-electron chi connectivity index (χ2n) is 5.75. The van der Waals surface area contributed by atoms with Crippen LogP contribution in [0.4, 0.5) is 5.69 Å². The van der Waals surface area contributed by atoms with E-state index in [1.165, 1.54) is 11.3 Å². The zero-order valence-electron chi connectivity index (χ0n) is 11.7. The number of rotatable bonds is 2. The number of benzene rings is 1. The van der Waals surface area contributed by atoms with Crippen molar-refractivity contribution in [1.29, 1.82) is 0 Å². The predicted octanol–water partition coefficient (Wildman–Crippen LogP) is 2.91. The molecule has 0 unspecified atom stereocenters. The topological polar surface area (TPSA) is 46.6 Å².